The Hall–Kier alpha value is -1.24. The number of hydrogen-bond donors (Lipinski definition) is 1. The van der Waals surface area contributed by atoms with Crippen LogP contribution in [0.25, 0.3) is 0 Å². The first-order chi connectivity index (χ1) is 8.21. The zero-order valence-electron chi connectivity index (χ0n) is 12.5. The summed E-state index contributed by atoms with van der Waals surface area (Å²) in [6.07, 6.45) is 5.30. The van der Waals surface area contributed by atoms with E-state index < -0.39 is 0 Å². The molecule has 1 nitrogen and oxygen atoms in total. The standard InChI is InChI=1S/C17H25N/c1-16(2,3)13-10-9-12-8-7-11-18-15(12)14(13)17(4,5)6/h7,9-11,18H,8H2,1-6H3. The van der Waals surface area contributed by atoms with Gasteiger partial charge in [0.25, 0.3) is 0 Å². The summed E-state index contributed by atoms with van der Waals surface area (Å²) in [4.78, 5) is 0. The minimum Gasteiger partial charge on any atom is -0.362 e. The lowest BCUT2D eigenvalue weighted by molar-refractivity contribution is 0.531. The van der Waals surface area contributed by atoms with Gasteiger partial charge in [-0.3, -0.25) is 0 Å². The number of allylic oxidation sites excluding steroid dienone is 1. The number of fused-ring (bicyclic) bond motifs is 1. The Morgan fingerprint density at radius 2 is 1.61 bits per heavy atom. The van der Waals surface area contributed by atoms with Crippen LogP contribution < -0.4 is 5.32 Å². The Morgan fingerprint density at radius 3 is 2.17 bits per heavy atom. The van der Waals surface area contributed by atoms with Crippen LogP contribution >= 0.6 is 0 Å². The van der Waals surface area contributed by atoms with Crippen molar-refractivity contribution in [3.05, 3.63) is 41.1 Å². The molecular weight excluding hydrogens is 218 g/mol. The molecule has 0 fully saturated rings. The van der Waals surface area contributed by atoms with Crippen molar-refractivity contribution in [2.75, 3.05) is 5.32 Å². The van der Waals surface area contributed by atoms with Gasteiger partial charge in [0.1, 0.15) is 0 Å². The van der Waals surface area contributed by atoms with Crippen LogP contribution in [0.2, 0.25) is 0 Å². The number of rotatable bonds is 0. The molecule has 0 saturated carbocycles. The van der Waals surface area contributed by atoms with Crippen LogP contribution in [0, 0.1) is 0 Å². The average Bonchev–Trinajstić information content (AvgIpc) is 2.24. The highest BCUT2D eigenvalue weighted by Crippen LogP contribution is 2.41. The van der Waals surface area contributed by atoms with E-state index in [1.54, 1.807) is 0 Å². The molecule has 18 heavy (non-hydrogen) atoms. The predicted octanol–water partition coefficient (Wildman–Crippen LogP) is 4.76. The van der Waals surface area contributed by atoms with Crippen LogP contribution in [-0.2, 0) is 17.3 Å². The maximum Gasteiger partial charge on any atom is 0.0456 e. The number of benzene rings is 1. The molecule has 1 aliphatic heterocycles. The highest BCUT2D eigenvalue weighted by Gasteiger charge is 2.29. The van der Waals surface area contributed by atoms with Crippen LogP contribution in [0.4, 0.5) is 5.69 Å². The Morgan fingerprint density at radius 1 is 0.944 bits per heavy atom. The van der Waals surface area contributed by atoms with Gasteiger partial charge in [-0.05, 0) is 40.1 Å². The van der Waals surface area contributed by atoms with Crippen molar-refractivity contribution < 1.29 is 0 Å². The second kappa shape index (κ2) is 4.15. The zero-order valence-corrected chi connectivity index (χ0v) is 12.5. The lowest BCUT2D eigenvalue weighted by Gasteiger charge is -2.34. The first-order valence-electron chi connectivity index (χ1n) is 6.79. The van der Waals surface area contributed by atoms with E-state index in [1.165, 1.54) is 22.4 Å². The summed E-state index contributed by atoms with van der Waals surface area (Å²) in [6.45, 7) is 13.8. The predicted molar refractivity (Wildman–Crippen MR) is 80.3 cm³/mol. The molecule has 0 atom stereocenters. The molecule has 0 aliphatic carbocycles. The van der Waals surface area contributed by atoms with Crippen LogP contribution in [-0.4, -0.2) is 0 Å². The van der Waals surface area contributed by atoms with E-state index in [-0.39, 0.29) is 10.8 Å². The number of hydrogen-bond acceptors (Lipinski definition) is 1. The van der Waals surface area contributed by atoms with Gasteiger partial charge in [0.05, 0.1) is 0 Å². The fourth-order valence-corrected chi connectivity index (χ4v) is 2.71. The maximum atomic E-state index is 3.47. The number of anilines is 1. The minimum absolute atomic E-state index is 0.159. The van der Waals surface area contributed by atoms with Gasteiger partial charge in [-0.25, -0.2) is 0 Å². The largest absolute Gasteiger partial charge is 0.362 e. The summed E-state index contributed by atoms with van der Waals surface area (Å²) in [5, 5.41) is 3.47. The van der Waals surface area contributed by atoms with E-state index in [0.717, 1.165) is 6.42 Å². The van der Waals surface area contributed by atoms with E-state index >= 15 is 0 Å². The Kier molecular flexibility index (Phi) is 3.04. The van der Waals surface area contributed by atoms with E-state index in [9.17, 15) is 0 Å². The maximum absolute atomic E-state index is 3.47. The van der Waals surface area contributed by atoms with Crippen LogP contribution in [0.1, 0.15) is 58.2 Å². The molecule has 1 aromatic carbocycles. The van der Waals surface area contributed by atoms with Crippen molar-refractivity contribution in [2.24, 2.45) is 0 Å². The summed E-state index contributed by atoms with van der Waals surface area (Å²) in [5.41, 5.74) is 6.01. The Labute approximate surface area is 111 Å². The van der Waals surface area contributed by atoms with E-state index in [4.69, 9.17) is 0 Å². The fraction of sp³-hybridized carbons (Fsp3) is 0.529. The summed E-state index contributed by atoms with van der Waals surface area (Å²) in [7, 11) is 0. The van der Waals surface area contributed by atoms with Gasteiger partial charge >= 0.3 is 0 Å². The Bertz CT molecular complexity index is 482. The van der Waals surface area contributed by atoms with Gasteiger partial charge in [-0.1, -0.05) is 59.8 Å². The van der Waals surface area contributed by atoms with E-state index in [2.05, 4.69) is 71.3 Å². The van der Waals surface area contributed by atoms with Crippen LogP contribution in [0.15, 0.2) is 24.4 Å². The van der Waals surface area contributed by atoms with Gasteiger partial charge in [-0.2, -0.15) is 0 Å². The molecule has 2 rings (SSSR count). The number of nitrogens with one attached hydrogen (secondary N) is 1. The molecule has 0 unspecified atom stereocenters. The topological polar surface area (TPSA) is 12.0 Å². The molecule has 98 valence electrons. The van der Waals surface area contributed by atoms with Gasteiger partial charge in [-0.15, -0.1) is 0 Å². The highest BCUT2D eigenvalue weighted by molar-refractivity contribution is 5.67. The molecule has 0 saturated heterocycles. The van der Waals surface area contributed by atoms with Gasteiger partial charge in [0.2, 0.25) is 0 Å². The van der Waals surface area contributed by atoms with Crippen LogP contribution in [0.5, 0.6) is 0 Å². The third kappa shape index (κ3) is 2.31. The van der Waals surface area contributed by atoms with Crippen molar-refractivity contribution in [3.8, 4) is 0 Å². The molecular formula is C17H25N. The molecule has 1 aromatic rings. The summed E-state index contributed by atoms with van der Waals surface area (Å²) < 4.78 is 0. The van der Waals surface area contributed by atoms with Gasteiger partial charge < -0.3 is 5.32 Å². The SMILES string of the molecule is CC(C)(C)c1ccc2c(c1C(C)(C)C)NC=CC2. The second-order valence-electron chi connectivity index (χ2n) is 7.27. The molecule has 0 radical (unpaired) electrons. The molecule has 1 aliphatic rings. The first kappa shape index (κ1) is 13.2. The summed E-state index contributed by atoms with van der Waals surface area (Å²) in [6, 6.07) is 4.60. The average molecular weight is 243 g/mol. The smallest absolute Gasteiger partial charge is 0.0456 e. The second-order valence-corrected chi connectivity index (χ2v) is 7.27. The van der Waals surface area contributed by atoms with Crippen molar-refractivity contribution >= 4 is 5.69 Å². The Balaban J connectivity index is 2.71. The first-order valence-corrected chi connectivity index (χ1v) is 6.79. The van der Waals surface area contributed by atoms with Crippen LogP contribution in [0.3, 0.4) is 0 Å². The van der Waals surface area contributed by atoms with Crippen molar-refractivity contribution in [3.63, 3.8) is 0 Å². The normalized spacial score (nSPS) is 15.2. The monoisotopic (exact) mass is 243 g/mol. The van der Waals surface area contributed by atoms with E-state index in [0.29, 0.717) is 0 Å². The van der Waals surface area contributed by atoms with Crippen molar-refractivity contribution in [2.45, 2.75) is 58.8 Å². The highest BCUT2D eigenvalue weighted by atomic mass is 14.9. The van der Waals surface area contributed by atoms with Gasteiger partial charge in [0.15, 0.2) is 0 Å². The third-order valence-electron chi connectivity index (χ3n) is 3.53. The lowest BCUT2D eigenvalue weighted by Crippen LogP contribution is -2.24. The molecule has 0 bridgehead atoms. The van der Waals surface area contributed by atoms with Gasteiger partial charge in [0, 0.05) is 5.69 Å². The molecule has 1 N–H and O–H groups in total. The molecule has 0 amide bonds. The lowest BCUT2D eigenvalue weighted by atomic mass is 9.73. The molecule has 0 spiro atoms. The third-order valence-corrected chi connectivity index (χ3v) is 3.53. The molecule has 1 heteroatoms. The quantitative estimate of drug-likeness (QED) is 0.692. The molecule has 0 aromatic heterocycles. The fourth-order valence-electron chi connectivity index (χ4n) is 2.71. The van der Waals surface area contributed by atoms with Crippen molar-refractivity contribution in [1.29, 1.82) is 0 Å². The zero-order chi connectivity index (χ0) is 13.6. The summed E-state index contributed by atoms with van der Waals surface area (Å²) >= 11 is 0. The minimum atomic E-state index is 0.159. The summed E-state index contributed by atoms with van der Waals surface area (Å²) in [5.74, 6) is 0. The van der Waals surface area contributed by atoms with E-state index in [1.807, 2.05) is 0 Å². The van der Waals surface area contributed by atoms with Crippen molar-refractivity contribution in [1.82, 2.24) is 0 Å². The molecule has 1 heterocycles.